The first-order chi connectivity index (χ1) is 16.9. The molecule has 0 radical (unpaired) electrons. The number of halogens is 4. The maximum absolute atomic E-state index is 13.5. The Balaban J connectivity index is 1.89. The third kappa shape index (κ3) is 7.39. The molecular weight excluding hydrogens is 543 g/mol. The summed E-state index contributed by atoms with van der Waals surface area (Å²) < 4.78 is 75.0. The highest BCUT2D eigenvalue weighted by molar-refractivity contribution is 7.92. The number of sulfone groups is 1. The van der Waals surface area contributed by atoms with Crippen molar-refractivity contribution >= 4 is 33.5 Å². The summed E-state index contributed by atoms with van der Waals surface area (Å²) in [5, 5.41) is 11.2. The zero-order valence-electron chi connectivity index (χ0n) is 20.1. The van der Waals surface area contributed by atoms with Crippen molar-refractivity contribution in [2.24, 2.45) is 0 Å². The quantitative estimate of drug-likeness (QED) is 0.491. The van der Waals surface area contributed by atoms with E-state index >= 15 is 0 Å². The van der Waals surface area contributed by atoms with Crippen LogP contribution in [0.2, 0.25) is 5.02 Å². The summed E-state index contributed by atoms with van der Waals surface area (Å²) in [6, 6.07) is 3.78. The van der Waals surface area contributed by atoms with Crippen LogP contribution in [-0.4, -0.2) is 67.3 Å². The van der Waals surface area contributed by atoms with Crippen LogP contribution in [0.25, 0.3) is 0 Å². The van der Waals surface area contributed by atoms with E-state index < -0.39 is 74.3 Å². The maximum Gasteiger partial charge on any atom is 0.528 e. The summed E-state index contributed by atoms with van der Waals surface area (Å²) in [6.07, 6.45) is -5.51. The molecule has 10 nitrogen and oxygen atoms in total. The average Bonchev–Trinajstić information content (AvgIpc) is 3.39. The summed E-state index contributed by atoms with van der Waals surface area (Å²) in [6.45, 7) is 2.46. The number of hydroxylamine groups is 2. The lowest BCUT2D eigenvalue weighted by molar-refractivity contribution is -0.162. The van der Waals surface area contributed by atoms with Gasteiger partial charge in [-0.2, -0.15) is 18.4 Å². The first-order valence-corrected chi connectivity index (χ1v) is 13.0. The molecule has 1 saturated carbocycles. The van der Waals surface area contributed by atoms with Gasteiger partial charge in [0.1, 0.15) is 27.8 Å². The standard InChI is InChI=1S/C22H25ClF3N3O7S/c1-20(2,3)35-19(31)36-29-10-14(9-15(29)18(30)28-21(11-27)6-7-21)37(32,33)17-5-4-13(23)8-16(17)34-12-22(24,25)26/h4-5,8,14-15H,6-7,9-10,12H2,1-3H3,(H,28,30)/t14-,15+/m1/s1. The molecule has 204 valence electrons. The molecule has 0 aromatic heterocycles. The van der Waals surface area contributed by atoms with Crippen LogP contribution in [0.3, 0.4) is 0 Å². The number of carbonyl (C=O) groups is 2. The first kappa shape index (κ1) is 28.8. The van der Waals surface area contributed by atoms with Gasteiger partial charge in [0.25, 0.3) is 0 Å². The lowest BCUT2D eigenvalue weighted by Crippen LogP contribution is -2.48. The number of hydrogen-bond acceptors (Lipinski definition) is 9. The molecular formula is C22H25ClF3N3O7S. The number of rotatable bonds is 7. The van der Waals surface area contributed by atoms with Crippen molar-refractivity contribution in [1.29, 1.82) is 5.26 Å². The van der Waals surface area contributed by atoms with Gasteiger partial charge in [0, 0.05) is 11.1 Å². The van der Waals surface area contributed by atoms with E-state index in [1.807, 2.05) is 6.07 Å². The van der Waals surface area contributed by atoms with Gasteiger partial charge in [0.15, 0.2) is 16.4 Å². The summed E-state index contributed by atoms with van der Waals surface area (Å²) >= 11 is 5.84. The van der Waals surface area contributed by atoms with Gasteiger partial charge < -0.3 is 19.6 Å². The lowest BCUT2D eigenvalue weighted by Gasteiger charge is -2.25. The van der Waals surface area contributed by atoms with E-state index in [9.17, 15) is 36.4 Å². The van der Waals surface area contributed by atoms with Crippen LogP contribution < -0.4 is 10.1 Å². The minimum atomic E-state index is -4.74. The van der Waals surface area contributed by atoms with Crippen LogP contribution in [0.5, 0.6) is 5.75 Å². The summed E-state index contributed by atoms with van der Waals surface area (Å²) in [5.41, 5.74) is -2.03. The third-order valence-corrected chi connectivity index (χ3v) is 7.87. The van der Waals surface area contributed by atoms with E-state index in [0.717, 1.165) is 17.2 Å². The van der Waals surface area contributed by atoms with Crippen LogP contribution in [0.4, 0.5) is 18.0 Å². The van der Waals surface area contributed by atoms with Crippen molar-refractivity contribution in [1.82, 2.24) is 10.4 Å². The fourth-order valence-electron chi connectivity index (χ4n) is 3.57. The zero-order valence-corrected chi connectivity index (χ0v) is 21.7. The second kappa shape index (κ2) is 10.2. The lowest BCUT2D eigenvalue weighted by atomic mass is 10.2. The molecule has 3 rings (SSSR count). The van der Waals surface area contributed by atoms with Gasteiger partial charge in [-0.3, -0.25) is 4.79 Å². The molecule has 1 aliphatic carbocycles. The molecule has 37 heavy (non-hydrogen) atoms. The fraction of sp³-hybridized carbons (Fsp3) is 0.591. The predicted octanol–water partition coefficient (Wildman–Crippen LogP) is 3.54. The number of ether oxygens (including phenoxy) is 2. The van der Waals surface area contributed by atoms with Crippen molar-refractivity contribution in [3.63, 3.8) is 0 Å². The molecule has 2 aliphatic rings. The molecule has 1 heterocycles. The van der Waals surface area contributed by atoms with E-state index in [1.165, 1.54) is 6.07 Å². The minimum absolute atomic E-state index is 0.0547. The van der Waals surface area contributed by atoms with E-state index in [0.29, 0.717) is 12.8 Å². The van der Waals surface area contributed by atoms with E-state index in [-0.39, 0.29) is 11.4 Å². The average molecular weight is 568 g/mol. The largest absolute Gasteiger partial charge is 0.528 e. The topological polar surface area (TPSA) is 135 Å². The Labute approximate surface area is 216 Å². The van der Waals surface area contributed by atoms with Crippen LogP contribution in [-0.2, 0) is 24.2 Å². The summed E-state index contributed by atoms with van der Waals surface area (Å²) in [7, 11) is -4.43. The number of alkyl halides is 3. The second-order valence-corrected chi connectivity index (χ2v) is 12.4. The van der Waals surface area contributed by atoms with Crippen LogP contribution in [0.15, 0.2) is 23.1 Å². The van der Waals surface area contributed by atoms with Crippen LogP contribution in [0, 0.1) is 11.3 Å². The molecule has 0 unspecified atom stereocenters. The normalized spacial score (nSPS) is 21.6. The Morgan fingerprint density at radius 1 is 1.27 bits per heavy atom. The Kier molecular flexibility index (Phi) is 7.93. The van der Waals surface area contributed by atoms with Crippen LogP contribution >= 0.6 is 11.6 Å². The number of hydrogen-bond donors (Lipinski definition) is 1. The molecule has 0 bridgehead atoms. The summed E-state index contributed by atoms with van der Waals surface area (Å²) in [4.78, 5) is 29.8. The van der Waals surface area contributed by atoms with E-state index in [1.54, 1.807) is 20.8 Å². The molecule has 1 saturated heterocycles. The number of amides is 1. The minimum Gasteiger partial charge on any atom is -0.483 e. The van der Waals surface area contributed by atoms with Crippen molar-refractivity contribution in [3.05, 3.63) is 23.2 Å². The second-order valence-electron chi connectivity index (χ2n) is 9.75. The van der Waals surface area contributed by atoms with Crippen molar-refractivity contribution in [2.75, 3.05) is 13.2 Å². The van der Waals surface area contributed by atoms with Gasteiger partial charge >= 0.3 is 12.3 Å². The van der Waals surface area contributed by atoms with Crippen molar-refractivity contribution in [3.8, 4) is 11.8 Å². The Bertz CT molecular complexity index is 1210. The monoisotopic (exact) mass is 567 g/mol. The van der Waals surface area contributed by atoms with E-state index in [4.69, 9.17) is 25.9 Å². The smallest absolute Gasteiger partial charge is 0.483 e. The highest BCUT2D eigenvalue weighted by Gasteiger charge is 2.51. The van der Waals surface area contributed by atoms with Gasteiger partial charge in [0.2, 0.25) is 5.91 Å². The highest BCUT2D eigenvalue weighted by Crippen LogP contribution is 2.38. The molecule has 1 aromatic carbocycles. The molecule has 1 N–H and O–H groups in total. The van der Waals surface area contributed by atoms with Gasteiger partial charge in [0.05, 0.1) is 17.9 Å². The number of benzene rings is 1. The third-order valence-electron chi connectivity index (χ3n) is 5.47. The molecule has 15 heteroatoms. The maximum atomic E-state index is 13.5. The molecule has 1 aromatic rings. The molecule has 2 atom stereocenters. The molecule has 1 aliphatic heterocycles. The van der Waals surface area contributed by atoms with Gasteiger partial charge in [-0.15, -0.1) is 5.06 Å². The summed E-state index contributed by atoms with van der Waals surface area (Å²) in [5.74, 6) is -1.36. The molecule has 2 fully saturated rings. The highest BCUT2D eigenvalue weighted by atomic mass is 35.5. The van der Waals surface area contributed by atoms with Gasteiger partial charge in [-0.1, -0.05) is 11.6 Å². The van der Waals surface area contributed by atoms with Gasteiger partial charge in [-0.05, 0) is 52.2 Å². The van der Waals surface area contributed by atoms with Crippen molar-refractivity contribution < 1.29 is 45.5 Å². The molecule has 0 spiro atoms. The fourth-order valence-corrected chi connectivity index (χ4v) is 5.53. The van der Waals surface area contributed by atoms with Crippen molar-refractivity contribution in [2.45, 2.75) is 73.5 Å². The first-order valence-electron chi connectivity index (χ1n) is 11.1. The number of carbonyl (C=O) groups excluding carboxylic acids is 2. The number of nitriles is 1. The zero-order chi connectivity index (χ0) is 27.8. The van der Waals surface area contributed by atoms with E-state index in [2.05, 4.69) is 5.32 Å². The SMILES string of the molecule is CC(C)(C)OC(=O)ON1C[C@H](S(=O)(=O)c2ccc(Cl)cc2OCC(F)(F)F)C[C@H]1C(=O)NC1(C#N)CC1. The Hall–Kier alpha value is -2.76. The number of nitrogens with one attached hydrogen (secondary N) is 1. The number of nitrogens with zero attached hydrogens (tertiary/aromatic N) is 2. The van der Waals surface area contributed by atoms with Crippen LogP contribution in [0.1, 0.15) is 40.0 Å². The Morgan fingerprint density at radius 2 is 1.92 bits per heavy atom. The predicted molar refractivity (Wildman–Crippen MR) is 122 cm³/mol. The molecule has 1 amide bonds. The Morgan fingerprint density at radius 3 is 2.46 bits per heavy atom. The van der Waals surface area contributed by atoms with Gasteiger partial charge in [-0.25, -0.2) is 13.2 Å².